The van der Waals surface area contributed by atoms with Crippen LogP contribution in [0.4, 0.5) is 11.4 Å². The van der Waals surface area contributed by atoms with Gasteiger partial charge in [-0.1, -0.05) is 6.58 Å². The van der Waals surface area contributed by atoms with Crippen LogP contribution in [0.3, 0.4) is 0 Å². The van der Waals surface area contributed by atoms with E-state index in [1.54, 1.807) is 26.2 Å². The Bertz CT molecular complexity index is 1040. The fourth-order valence-electron chi connectivity index (χ4n) is 2.39. The third-order valence-electron chi connectivity index (χ3n) is 3.83. The molecule has 2 aromatic carbocycles. The molecule has 136 valence electrons. The Balaban J connectivity index is 2.00. The van der Waals surface area contributed by atoms with Gasteiger partial charge in [-0.15, -0.1) is 5.11 Å². The van der Waals surface area contributed by atoms with Crippen molar-refractivity contribution in [1.29, 1.82) is 0 Å². The van der Waals surface area contributed by atoms with Crippen molar-refractivity contribution in [3.8, 4) is 11.5 Å². The summed E-state index contributed by atoms with van der Waals surface area (Å²) in [7, 11) is 1.61. The molecule has 0 bridgehead atoms. The van der Waals surface area contributed by atoms with Gasteiger partial charge in [0.05, 0.1) is 18.5 Å². The van der Waals surface area contributed by atoms with Crippen molar-refractivity contribution in [3.63, 3.8) is 0 Å². The number of nitrogens with zero attached hydrogens (tertiary/aromatic N) is 3. The lowest BCUT2D eigenvalue weighted by molar-refractivity contribution is -0.130. The molecule has 0 saturated heterocycles. The Morgan fingerprint density at radius 1 is 1.04 bits per heavy atom. The second-order valence-corrected chi connectivity index (χ2v) is 6.00. The molecule has 0 amide bonds. The van der Waals surface area contributed by atoms with Crippen molar-refractivity contribution in [2.24, 2.45) is 10.2 Å². The van der Waals surface area contributed by atoms with Crippen molar-refractivity contribution in [1.82, 2.24) is 4.98 Å². The van der Waals surface area contributed by atoms with Crippen LogP contribution in [0.1, 0.15) is 12.6 Å². The number of carbonyl (C=O) groups excluding carboxylic acids is 1. The Morgan fingerprint density at radius 2 is 1.78 bits per heavy atom. The van der Waals surface area contributed by atoms with Crippen LogP contribution in [0.5, 0.6) is 11.5 Å². The van der Waals surface area contributed by atoms with Gasteiger partial charge in [-0.3, -0.25) is 0 Å². The molecule has 0 aliphatic rings. The number of aromatic nitrogens is 1. The fraction of sp³-hybridized carbons (Fsp3) is 0.143. The summed E-state index contributed by atoms with van der Waals surface area (Å²) < 4.78 is 10.5. The molecular weight excluding hydrogens is 342 g/mol. The third kappa shape index (κ3) is 4.17. The largest absolute Gasteiger partial charge is 0.497 e. The molecule has 0 aliphatic heterocycles. The molecule has 0 atom stereocenters. The SMILES string of the molecule is C=C(C)C(=O)Oc1ccc(N=Nc2ccc(OC)cc2)c2ccc(C)nc12. The molecule has 0 aliphatic carbocycles. The Labute approximate surface area is 157 Å². The van der Waals surface area contributed by atoms with Crippen molar-refractivity contribution < 1.29 is 14.3 Å². The smallest absolute Gasteiger partial charge is 0.338 e. The van der Waals surface area contributed by atoms with Crippen molar-refractivity contribution >= 4 is 28.2 Å². The number of fused-ring (bicyclic) bond motifs is 1. The minimum Gasteiger partial charge on any atom is -0.497 e. The van der Waals surface area contributed by atoms with E-state index in [4.69, 9.17) is 9.47 Å². The van der Waals surface area contributed by atoms with Gasteiger partial charge in [0, 0.05) is 16.7 Å². The molecule has 0 spiro atoms. The van der Waals surface area contributed by atoms with Gasteiger partial charge in [0.2, 0.25) is 0 Å². The summed E-state index contributed by atoms with van der Waals surface area (Å²) in [6, 6.07) is 14.4. The molecule has 3 rings (SSSR count). The van der Waals surface area contributed by atoms with E-state index >= 15 is 0 Å². The Kier molecular flexibility index (Phi) is 5.26. The highest BCUT2D eigenvalue weighted by molar-refractivity contribution is 5.97. The lowest BCUT2D eigenvalue weighted by Crippen LogP contribution is -2.08. The number of rotatable bonds is 5. The maximum absolute atomic E-state index is 11.9. The minimum absolute atomic E-state index is 0.319. The molecule has 0 fully saturated rings. The molecular formula is C21H19N3O3. The van der Waals surface area contributed by atoms with E-state index in [1.807, 2.05) is 43.3 Å². The van der Waals surface area contributed by atoms with Crippen LogP contribution in [0.25, 0.3) is 10.9 Å². The topological polar surface area (TPSA) is 73.1 Å². The summed E-state index contributed by atoms with van der Waals surface area (Å²) in [5.41, 5.74) is 3.00. The van der Waals surface area contributed by atoms with Crippen molar-refractivity contribution in [2.75, 3.05) is 7.11 Å². The summed E-state index contributed by atoms with van der Waals surface area (Å²) in [4.78, 5) is 16.4. The molecule has 0 radical (unpaired) electrons. The number of aryl methyl sites for hydroxylation is 1. The lowest BCUT2D eigenvalue weighted by atomic mass is 10.1. The maximum Gasteiger partial charge on any atom is 0.338 e. The number of ether oxygens (including phenoxy) is 2. The van der Waals surface area contributed by atoms with Crippen LogP contribution < -0.4 is 9.47 Å². The molecule has 6 nitrogen and oxygen atoms in total. The first kappa shape index (κ1) is 18.3. The number of benzene rings is 2. The van der Waals surface area contributed by atoms with Gasteiger partial charge in [-0.25, -0.2) is 9.78 Å². The molecule has 1 heterocycles. The summed E-state index contributed by atoms with van der Waals surface area (Å²) in [6.45, 7) is 7.07. The number of carbonyl (C=O) groups is 1. The van der Waals surface area contributed by atoms with Crippen LogP contribution in [-0.4, -0.2) is 18.1 Å². The minimum atomic E-state index is -0.493. The van der Waals surface area contributed by atoms with Crippen molar-refractivity contribution in [3.05, 3.63) is 66.4 Å². The monoisotopic (exact) mass is 361 g/mol. The van der Waals surface area contributed by atoms with E-state index < -0.39 is 5.97 Å². The van der Waals surface area contributed by atoms with Gasteiger partial charge >= 0.3 is 5.97 Å². The van der Waals surface area contributed by atoms with E-state index in [2.05, 4.69) is 21.8 Å². The molecule has 0 N–H and O–H groups in total. The zero-order valence-corrected chi connectivity index (χ0v) is 15.4. The molecule has 0 unspecified atom stereocenters. The first-order chi connectivity index (χ1) is 13.0. The predicted octanol–water partition coefficient (Wildman–Crippen LogP) is 5.45. The van der Waals surface area contributed by atoms with Crippen molar-refractivity contribution in [2.45, 2.75) is 13.8 Å². The lowest BCUT2D eigenvalue weighted by Gasteiger charge is -2.09. The van der Waals surface area contributed by atoms with Gasteiger partial charge in [0.1, 0.15) is 11.3 Å². The van der Waals surface area contributed by atoms with E-state index in [0.29, 0.717) is 28.2 Å². The summed E-state index contributed by atoms with van der Waals surface area (Å²) in [6.07, 6.45) is 0. The number of azo groups is 1. The number of pyridine rings is 1. The highest BCUT2D eigenvalue weighted by Crippen LogP contribution is 2.33. The average Bonchev–Trinajstić information content (AvgIpc) is 2.67. The van der Waals surface area contributed by atoms with Gasteiger partial charge in [-0.05, 0) is 62.4 Å². The number of hydrogen-bond acceptors (Lipinski definition) is 6. The van der Waals surface area contributed by atoms with E-state index in [-0.39, 0.29) is 0 Å². The number of methoxy groups -OCH3 is 1. The van der Waals surface area contributed by atoms with Crippen LogP contribution in [-0.2, 0) is 4.79 Å². The highest BCUT2D eigenvalue weighted by atomic mass is 16.5. The zero-order chi connectivity index (χ0) is 19.4. The highest BCUT2D eigenvalue weighted by Gasteiger charge is 2.13. The first-order valence-corrected chi connectivity index (χ1v) is 8.32. The zero-order valence-electron chi connectivity index (χ0n) is 15.4. The van der Waals surface area contributed by atoms with E-state index in [0.717, 1.165) is 16.8 Å². The van der Waals surface area contributed by atoms with E-state index in [1.165, 1.54) is 0 Å². The summed E-state index contributed by atoms with van der Waals surface area (Å²) >= 11 is 0. The Hall–Kier alpha value is -3.54. The summed E-state index contributed by atoms with van der Waals surface area (Å²) in [5, 5.41) is 9.34. The van der Waals surface area contributed by atoms with Gasteiger partial charge in [0.25, 0.3) is 0 Å². The second-order valence-electron chi connectivity index (χ2n) is 6.00. The van der Waals surface area contributed by atoms with Gasteiger partial charge in [0.15, 0.2) is 5.75 Å². The number of hydrogen-bond donors (Lipinski definition) is 0. The second kappa shape index (κ2) is 7.78. The fourth-order valence-corrected chi connectivity index (χ4v) is 2.39. The Morgan fingerprint density at radius 3 is 2.44 bits per heavy atom. The molecule has 0 saturated carbocycles. The van der Waals surface area contributed by atoms with Crippen LogP contribution in [0.15, 0.2) is 70.9 Å². The predicted molar refractivity (Wildman–Crippen MR) is 104 cm³/mol. The molecule has 6 heteroatoms. The van der Waals surface area contributed by atoms with Gasteiger partial charge in [-0.2, -0.15) is 5.11 Å². The quantitative estimate of drug-likeness (QED) is 0.262. The molecule has 3 aromatic rings. The standard InChI is InChI=1S/C21H19N3O3/c1-13(2)21(25)27-19-12-11-18(17-10-5-14(3)22-20(17)19)24-23-15-6-8-16(26-4)9-7-15/h5-12H,1H2,2-4H3. The summed E-state index contributed by atoms with van der Waals surface area (Å²) in [5.74, 6) is 0.625. The first-order valence-electron chi connectivity index (χ1n) is 8.32. The molecule has 1 aromatic heterocycles. The molecule has 27 heavy (non-hydrogen) atoms. The van der Waals surface area contributed by atoms with Crippen LogP contribution in [0, 0.1) is 6.92 Å². The van der Waals surface area contributed by atoms with Crippen LogP contribution in [0.2, 0.25) is 0 Å². The third-order valence-corrected chi connectivity index (χ3v) is 3.83. The average molecular weight is 361 g/mol. The number of esters is 1. The normalized spacial score (nSPS) is 10.9. The van der Waals surface area contributed by atoms with Crippen LogP contribution >= 0.6 is 0 Å². The van der Waals surface area contributed by atoms with E-state index in [9.17, 15) is 4.79 Å². The van der Waals surface area contributed by atoms with Gasteiger partial charge < -0.3 is 9.47 Å². The maximum atomic E-state index is 11.9.